The first-order valence-corrected chi connectivity index (χ1v) is 7.94. The van der Waals surface area contributed by atoms with Crippen molar-refractivity contribution < 1.29 is 19.4 Å². The summed E-state index contributed by atoms with van der Waals surface area (Å²) in [6.45, 7) is 3.82. The van der Waals surface area contributed by atoms with Crippen LogP contribution in [0.2, 0.25) is 0 Å². The van der Waals surface area contributed by atoms with Gasteiger partial charge >= 0.3 is 5.97 Å². The van der Waals surface area contributed by atoms with Gasteiger partial charge in [0.1, 0.15) is 11.9 Å². The molecule has 0 radical (unpaired) electrons. The lowest BCUT2D eigenvalue weighted by Crippen LogP contribution is -2.10. The van der Waals surface area contributed by atoms with Gasteiger partial charge in [-0.05, 0) is 31.5 Å². The van der Waals surface area contributed by atoms with Crippen molar-refractivity contribution in [3.63, 3.8) is 0 Å². The molecule has 2 rings (SSSR count). The molecule has 1 N–H and O–H groups in total. The summed E-state index contributed by atoms with van der Waals surface area (Å²) >= 11 is 1.10. The van der Waals surface area contributed by atoms with Gasteiger partial charge < -0.3 is 14.6 Å². The summed E-state index contributed by atoms with van der Waals surface area (Å²) in [5.74, 6) is 0.219. The van der Waals surface area contributed by atoms with Gasteiger partial charge in [0.25, 0.3) is 0 Å². The van der Waals surface area contributed by atoms with Gasteiger partial charge in [0.2, 0.25) is 0 Å². The van der Waals surface area contributed by atoms with Crippen molar-refractivity contribution in [3.8, 4) is 11.4 Å². The van der Waals surface area contributed by atoms with E-state index in [-0.39, 0.29) is 11.9 Å². The molecule has 0 spiro atoms. The zero-order valence-electron chi connectivity index (χ0n) is 13.4. The minimum atomic E-state index is -0.915. The molecule has 1 unspecified atom stereocenters. The van der Waals surface area contributed by atoms with Gasteiger partial charge in [-0.2, -0.15) is 0 Å². The third-order valence-electron chi connectivity index (χ3n) is 3.28. The fourth-order valence-corrected chi connectivity index (χ4v) is 2.74. The van der Waals surface area contributed by atoms with E-state index in [2.05, 4.69) is 10.2 Å². The van der Waals surface area contributed by atoms with Crippen LogP contribution < -0.4 is 4.74 Å². The Morgan fingerprint density at radius 3 is 2.74 bits per heavy atom. The van der Waals surface area contributed by atoms with Crippen LogP contribution in [-0.2, 0) is 9.53 Å². The second-order valence-electron chi connectivity index (χ2n) is 4.91. The Kier molecular flexibility index (Phi) is 5.62. The monoisotopic (exact) mass is 337 g/mol. The average Bonchev–Trinajstić information content (AvgIpc) is 2.95. The van der Waals surface area contributed by atoms with Crippen LogP contribution in [0.3, 0.4) is 0 Å². The Labute approximate surface area is 138 Å². The number of thioether (sulfide) groups is 1. The number of rotatable bonds is 7. The molecule has 1 atom stereocenters. The van der Waals surface area contributed by atoms with E-state index in [4.69, 9.17) is 14.6 Å². The van der Waals surface area contributed by atoms with Crippen LogP contribution in [0.25, 0.3) is 5.69 Å². The molecule has 1 heterocycles. The summed E-state index contributed by atoms with van der Waals surface area (Å²) < 4.78 is 12.6. The Hall–Kier alpha value is -2.06. The summed E-state index contributed by atoms with van der Waals surface area (Å²) in [6.07, 6.45) is -0.299. The molecule has 0 saturated carbocycles. The van der Waals surface area contributed by atoms with E-state index >= 15 is 0 Å². The van der Waals surface area contributed by atoms with Gasteiger partial charge in [-0.1, -0.05) is 17.8 Å². The largest absolute Gasteiger partial charge is 0.495 e. The fourth-order valence-electron chi connectivity index (χ4n) is 2.07. The molecule has 23 heavy (non-hydrogen) atoms. The van der Waals surface area contributed by atoms with Gasteiger partial charge in [0.05, 0.1) is 18.6 Å². The highest BCUT2D eigenvalue weighted by atomic mass is 32.2. The number of carboxylic acid groups (broad SMARTS) is 1. The van der Waals surface area contributed by atoms with Crippen molar-refractivity contribution in [2.45, 2.75) is 25.1 Å². The van der Waals surface area contributed by atoms with Crippen molar-refractivity contribution >= 4 is 17.7 Å². The standard InChI is InChI=1S/C15H19N3O4S/c1-9-5-6-12(22-4)11(7-9)18-14(10(2)21-3)16-17-15(18)23-8-13(19)20/h5-7,10H,8H2,1-4H3,(H,19,20). The van der Waals surface area contributed by atoms with Crippen molar-refractivity contribution in [1.29, 1.82) is 0 Å². The molecular weight excluding hydrogens is 318 g/mol. The Morgan fingerprint density at radius 1 is 1.39 bits per heavy atom. The summed E-state index contributed by atoms with van der Waals surface area (Å²) in [5, 5.41) is 17.7. The van der Waals surface area contributed by atoms with E-state index in [9.17, 15) is 4.79 Å². The molecule has 1 aromatic carbocycles. The Balaban J connectivity index is 2.59. The molecule has 0 aliphatic heterocycles. The highest BCUT2D eigenvalue weighted by Crippen LogP contribution is 2.31. The van der Waals surface area contributed by atoms with E-state index < -0.39 is 5.97 Å². The number of aryl methyl sites for hydroxylation is 1. The van der Waals surface area contributed by atoms with Crippen molar-refractivity contribution in [3.05, 3.63) is 29.6 Å². The molecule has 0 aliphatic rings. The number of nitrogens with zero attached hydrogens (tertiary/aromatic N) is 3. The van der Waals surface area contributed by atoms with E-state index in [1.165, 1.54) is 0 Å². The van der Waals surface area contributed by atoms with Gasteiger partial charge in [-0.15, -0.1) is 10.2 Å². The first-order chi connectivity index (χ1) is 11.0. The number of hydrogen-bond donors (Lipinski definition) is 1. The van der Waals surface area contributed by atoms with Gasteiger partial charge in [-0.25, -0.2) is 0 Å². The van der Waals surface area contributed by atoms with E-state index in [1.807, 2.05) is 32.0 Å². The molecule has 0 saturated heterocycles. The SMILES string of the molecule is COc1ccc(C)cc1-n1c(SCC(=O)O)nnc1C(C)OC. The second kappa shape index (κ2) is 7.47. The Bertz CT molecular complexity index is 702. The number of aliphatic carboxylic acids is 1. The highest BCUT2D eigenvalue weighted by Gasteiger charge is 2.22. The van der Waals surface area contributed by atoms with E-state index in [0.717, 1.165) is 23.0 Å². The van der Waals surface area contributed by atoms with Gasteiger partial charge in [0.15, 0.2) is 11.0 Å². The normalized spacial score (nSPS) is 12.2. The molecular formula is C15H19N3O4S. The lowest BCUT2D eigenvalue weighted by molar-refractivity contribution is -0.133. The molecule has 0 amide bonds. The summed E-state index contributed by atoms with van der Waals surface area (Å²) in [5.41, 5.74) is 1.80. The van der Waals surface area contributed by atoms with Crippen LogP contribution in [0.5, 0.6) is 5.75 Å². The van der Waals surface area contributed by atoms with E-state index in [1.54, 1.807) is 18.8 Å². The minimum Gasteiger partial charge on any atom is -0.495 e. The maximum Gasteiger partial charge on any atom is 0.313 e. The third-order valence-corrected chi connectivity index (χ3v) is 4.19. The summed E-state index contributed by atoms with van der Waals surface area (Å²) in [6, 6.07) is 5.74. The van der Waals surface area contributed by atoms with E-state index in [0.29, 0.717) is 16.7 Å². The fraction of sp³-hybridized carbons (Fsp3) is 0.400. The van der Waals surface area contributed by atoms with Crippen molar-refractivity contribution in [2.24, 2.45) is 0 Å². The van der Waals surface area contributed by atoms with Crippen LogP contribution in [-0.4, -0.2) is 45.8 Å². The number of hydrogen-bond acceptors (Lipinski definition) is 6. The molecule has 0 fully saturated rings. The van der Waals surface area contributed by atoms with Crippen LogP contribution in [0.15, 0.2) is 23.4 Å². The molecule has 0 bridgehead atoms. The lowest BCUT2D eigenvalue weighted by Gasteiger charge is -2.16. The second-order valence-corrected chi connectivity index (χ2v) is 5.85. The third kappa shape index (κ3) is 3.83. The van der Waals surface area contributed by atoms with Gasteiger partial charge in [0, 0.05) is 7.11 Å². The zero-order valence-corrected chi connectivity index (χ0v) is 14.3. The van der Waals surface area contributed by atoms with Crippen LogP contribution in [0.1, 0.15) is 24.4 Å². The quantitative estimate of drug-likeness (QED) is 0.777. The smallest absolute Gasteiger partial charge is 0.313 e. The van der Waals surface area contributed by atoms with Crippen molar-refractivity contribution in [2.75, 3.05) is 20.0 Å². The first kappa shape index (κ1) is 17.3. The van der Waals surface area contributed by atoms with Gasteiger partial charge in [-0.3, -0.25) is 9.36 Å². The van der Waals surface area contributed by atoms with Crippen molar-refractivity contribution in [1.82, 2.24) is 14.8 Å². The number of methoxy groups -OCH3 is 2. The number of carboxylic acids is 1. The first-order valence-electron chi connectivity index (χ1n) is 6.95. The number of benzene rings is 1. The zero-order chi connectivity index (χ0) is 17.0. The summed E-state index contributed by atoms with van der Waals surface area (Å²) in [7, 11) is 3.17. The molecule has 124 valence electrons. The van der Waals surface area contributed by atoms with Crippen LogP contribution >= 0.6 is 11.8 Å². The molecule has 8 heteroatoms. The number of carbonyl (C=O) groups is 1. The average molecular weight is 337 g/mol. The molecule has 7 nitrogen and oxygen atoms in total. The predicted molar refractivity (Wildman–Crippen MR) is 86.4 cm³/mol. The Morgan fingerprint density at radius 2 is 2.13 bits per heavy atom. The van der Waals surface area contributed by atoms with Crippen LogP contribution in [0, 0.1) is 6.92 Å². The topological polar surface area (TPSA) is 86.5 Å². The predicted octanol–water partition coefficient (Wildman–Crippen LogP) is 2.47. The lowest BCUT2D eigenvalue weighted by atomic mass is 10.2. The number of aromatic nitrogens is 3. The molecule has 2 aromatic rings. The number of ether oxygens (including phenoxy) is 2. The molecule has 1 aromatic heterocycles. The highest BCUT2D eigenvalue weighted by molar-refractivity contribution is 7.99. The minimum absolute atomic E-state index is 0.104. The van der Waals surface area contributed by atoms with Crippen LogP contribution in [0.4, 0.5) is 0 Å². The maximum absolute atomic E-state index is 10.9. The maximum atomic E-state index is 10.9. The molecule has 0 aliphatic carbocycles. The summed E-state index contributed by atoms with van der Waals surface area (Å²) in [4.78, 5) is 10.9.